The number of unbranched alkanes of at least 4 members (excludes halogenated alkanes) is 2. The molecule has 2 heterocycles. The van der Waals surface area contributed by atoms with E-state index >= 15 is 0 Å². The summed E-state index contributed by atoms with van der Waals surface area (Å²) in [6.07, 6.45) is 11.0. The van der Waals surface area contributed by atoms with Gasteiger partial charge >= 0.3 is 0 Å². The van der Waals surface area contributed by atoms with Crippen LogP contribution in [0.1, 0.15) is 44.1 Å². The summed E-state index contributed by atoms with van der Waals surface area (Å²) in [4.78, 5) is 6.90. The number of nitrogens with zero attached hydrogens (tertiary/aromatic N) is 2. The van der Waals surface area contributed by atoms with E-state index in [1.165, 1.54) is 56.2 Å². The van der Waals surface area contributed by atoms with Crippen molar-refractivity contribution in [2.24, 2.45) is 5.92 Å². The lowest BCUT2D eigenvalue weighted by Gasteiger charge is -2.34. The van der Waals surface area contributed by atoms with Crippen molar-refractivity contribution >= 4 is 16.6 Å². The molecular formula is C25H30N2O. The number of piperidine rings is 1. The van der Waals surface area contributed by atoms with Gasteiger partial charge in [0.2, 0.25) is 0 Å². The van der Waals surface area contributed by atoms with E-state index in [4.69, 9.17) is 0 Å². The van der Waals surface area contributed by atoms with E-state index in [9.17, 15) is 5.11 Å². The highest BCUT2D eigenvalue weighted by molar-refractivity contribution is 5.92. The Morgan fingerprint density at radius 2 is 1.75 bits per heavy atom. The van der Waals surface area contributed by atoms with Crippen molar-refractivity contribution in [2.75, 3.05) is 18.0 Å². The van der Waals surface area contributed by atoms with Gasteiger partial charge < -0.3 is 10.0 Å². The van der Waals surface area contributed by atoms with E-state index in [2.05, 4.69) is 46.3 Å². The topological polar surface area (TPSA) is 36.4 Å². The van der Waals surface area contributed by atoms with Crippen molar-refractivity contribution in [3.05, 3.63) is 66.4 Å². The molecule has 0 amide bonds. The summed E-state index contributed by atoms with van der Waals surface area (Å²) in [6, 6.07) is 18.5. The molecule has 0 radical (unpaired) electrons. The summed E-state index contributed by atoms with van der Waals surface area (Å²) in [5, 5.41) is 10.8. The number of benzene rings is 2. The number of pyridine rings is 1. The first-order valence-corrected chi connectivity index (χ1v) is 10.7. The Morgan fingerprint density at radius 3 is 2.57 bits per heavy atom. The number of aromatic nitrogens is 1. The number of rotatable bonds is 7. The second-order valence-electron chi connectivity index (χ2n) is 8.05. The summed E-state index contributed by atoms with van der Waals surface area (Å²) < 4.78 is 0. The first kappa shape index (κ1) is 18.8. The molecule has 28 heavy (non-hydrogen) atoms. The fourth-order valence-electron chi connectivity index (χ4n) is 4.44. The summed E-state index contributed by atoms with van der Waals surface area (Å²) in [5.74, 6) is 1.15. The summed E-state index contributed by atoms with van der Waals surface area (Å²) in [5.41, 5.74) is 3.60. The van der Waals surface area contributed by atoms with Gasteiger partial charge in [-0.1, -0.05) is 49.6 Å². The van der Waals surface area contributed by atoms with E-state index in [-0.39, 0.29) is 5.75 Å². The first-order chi connectivity index (χ1) is 13.8. The number of hydrogen-bond donors (Lipinski definition) is 1. The molecule has 3 aromatic rings. The summed E-state index contributed by atoms with van der Waals surface area (Å²) in [7, 11) is 0. The van der Waals surface area contributed by atoms with Gasteiger partial charge in [0.25, 0.3) is 0 Å². The third kappa shape index (κ3) is 4.64. The molecule has 146 valence electrons. The maximum Gasteiger partial charge on any atom is 0.117 e. The van der Waals surface area contributed by atoms with Crippen LogP contribution in [-0.4, -0.2) is 23.2 Å². The van der Waals surface area contributed by atoms with Gasteiger partial charge in [-0.3, -0.25) is 4.98 Å². The molecule has 0 saturated carbocycles. The zero-order chi connectivity index (χ0) is 19.2. The van der Waals surface area contributed by atoms with Crippen molar-refractivity contribution in [3.8, 4) is 5.75 Å². The number of anilines is 1. The number of phenols is 1. The van der Waals surface area contributed by atoms with E-state index in [0.717, 1.165) is 29.9 Å². The minimum atomic E-state index is 0.281. The van der Waals surface area contributed by atoms with Crippen molar-refractivity contribution in [1.29, 1.82) is 0 Å². The minimum Gasteiger partial charge on any atom is -0.508 e. The maximum absolute atomic E-state index is 9.70. The average molecular weight is 375 g/mol. The average Bonchev–Trinajstić information content (AvgIpc) is 2.74. The zero-order valence-electron chi connectivity index (χ0n) is 16.6. The highest BCUT2D eigenvalue weighted by Gasteiger charge is 2.20. The first-order valence-electron chi connectivity index (χ1n) is 10.7. The Kier molecular flexibility index (Phi) is 6.11. The third-order valence-electron chi connectivity index (χ3n) is 6.08. The van der Waals surface area contributed by atoms with Crippen molar-refractivity contribution in [1.82, 2.24) is 4.98 Å². The molecule has 1 saturated heterocycles. The Bertz CT molecular complexity index is 885. The summed E-state index contributed by atoms with van der Waals surface area (Å²) in [6.45, 7) is 2.24. The van der Waals surface area contributed by atoms with Crippen LogP contribution >= 0.6 is 0 Å². The molecule has 0 bridgehead atoms. The molecule has 1 fully saturated rings. The lowest BCUT2D eigenvalue weighted by Crippen LogP contribution is -2.33. The monoisotopic (exact) mass is 374 g/mol. The zero-order valence-corrected chi connectivity index (χ0v) is 16.6. The Balaban J connectivity index is 1.23. The number of aryl methyl sites for hydroxylation is 1. The van der Waals surface area contributed by atoms with Gasteiger partial charge in [-0.05, 0) is 55.4 Å². The van der Waals surface area contributed by atoms with Crippen molar-refractivity contribution < 1.29 is 5.11 Å². The van der Waals surface area contributed by atoms with Gasteiger partial charge in [0.05, 0.1) is 5.52 Å². The Hall–Kier alpha value is -2.55. The maximum atomic E-state index is 9.70. The smallest absolute Gasteiger partial charge is 0.117 e. The molecule has 1 aliphatic heterocycles. The van der Waals surface area contributed by atoms with Gasteiger partial charge in [0.1, 0.15) is 5.75 Å². The Morgan fingerprint density at radius 1 is 0.929 bits per heavy atom. The van der Waals surface area contributed by atoms with Crippen LogP contribution in [0.4, 0.5) is 5.69 Å². The molecule has 0 unspecified atom stereocenters. The molecule has 1 aliphatic rings. The molecule has 4 rings (SSSR count). The standard InChI is InChI=1S/C25H30N2O/c28-22-11-12-23-24(19-22)26-16-13-25(23)27-17-14-21(15-18-27)10-6-2-5-9-20-7-3-1-4-8-20/h1,3-4,7-8,11-13,16,19,21,28H,2,5-6,9-10,14-15,17-18H2. The van der Waals surface area contributed by atoms with Crippen LogP contribution in [0, 0.1) is 5.92 Å². The van der Waals surface area contributed by atoms with Crippen LogP contribution in [-0.2, 0) is 6.42 Å². The third-order valence-corrected chi connectivity index (χ3v) is 6.08. The molecule has 3 heteroatoms. The fourth-order valence-corrected chi connectivity index (χ4v) is 4.44. The highest BCUT2D eigenvalue weighted by atomic mass is 16.3. The van der Waals surface area contributed by atoms with Gasteiger partial charge in [-0.2, -0.15) is 0 Å². The molecule has 3 nitrogen and oxygen atoms in total. The van der Waals surface area contributed by atoms with Crippen LogP contribution in [0.15, 0.2) is 60.8 Å². The molecule has 1 aromatic heterocycles. The fraction of sp³-hybridized carbons (Fsp3) is 0.400. The van der Waals surface area contributed by atoms with E-state index in [1.807, 2.05) is 12.3 Å². The lowest BCUT2D eigenvalue weighted by molar-refractivity contribution is 0.367. The van der Waals surface area contributed by atoms with Gasteiger partial charge in [0.15, 0.2) is 0 Å². The SMILES string of the molecule is Oc1ccc2c(N3CCC(CCCCCc4ccccc4)CC3)ccnc2c1. The minimum absolute atomic E-state index is 0.281. The second kappa shape index (κ2) is 9.09. The highest BCUT2D eigenvalue weighted by Crippen LogP contribution is 2.32. The van der Waals surface area contributed by atoms with E-state index < -0.39 is 0 Å². The predicted molar refractivity (Wildman–Crippen MR) is 117 cm³/mol. The van der Waals surface area contributed by atoms with Gasteiger partial charge in [-0.25, -0.2) is 0 Å². The summed E-state index contributed by atoms with van der Waals surface area (Å²) >= 11 is 0. The number of phenolic OH excluding ortho intramolecular Hbond substituents is 1. The van der Waals surface area contributed by atoms with E-state index in [0.29, 0.717) is 0 Å². The van der Waals surface area contributed by atoms with Crippen molar-refractivity contribution in [2.45, 2.75) is 44.9 Å². The lowest BCUT2D eigenvalue weighted by atomic mass is 9.90. The van der Waals surface area contributed by atoms with Crippen LogP contribution in [0.2, 0.25) is 0 Å². The molecule has 1 N–H and O–H groups in total. The second-order valence-corrected chi connectivity index (χ2v) is 8.05. The molecule has 2 aromatic carbocycles. The largest absolute Gasteiger partial charge is 0.508 e. The van der Waals surface area contributed by atoms with Crippen molar-refractivity contribution in [3.63, 3.8) is 0 Å². The van der Waals surface area contributed by atoms with Gasteiger partial charge in [-0.15, -0.1) is 0 Å². The van der Waals surface area contributed by atoms with Crippen LogP contribution < -0.4 is 4.90 Å². The predicted octanol–water partition coefficient (Wildman–Crippen LogP) is 5.96. The number of fused-ring (bicyclic) bond motifs is 1. The molecule has 0 spiro atoms. The Labute approximate surface area is 168 Å². The number of aromatic hydroxyl groups is 1. The van der Waals surface area contributed by atoms with Crippen LogP contribution in [0.25, 0.3) is 10.9 Å². The van der Waals surface area contributed by atoms with Gasteiger partial charge in [0, 0.05) is 36.4 Å². The van der Waals surface area contributed by atoms with Crippen LogP contribution in [0.3, 0.4) is 0 Å². The molecule has 0 atom stereocenters. The number of hydrogen-bond acceptors (Lipinski definition) is 3. The molecule has 0 aliphatic carbocycles. The van der Waals surface area contributed by atoms with Crippen LogP contribution in [0.5, 0.6) is 5.75 Å². The molecular weight excluding hydrogens is 344 g/mol. The quantitative estimate of drug-likeness (QED) is 0.518. The normalized spacial score (nSPS) is 15.2. The van der Waals surface area contributed by atoms with E-state index in [1.54, 1.807) is 12.1 Å².